The molecular weight excluding hydrogens is 258 g/mol. The lowest BCUT2D eigenvalue weighted by molar-refractivity contribution is -0.144. The lowest BCUT2D eigenvalue weighted by Crippen LogP contribution is -2.58. The van der Waals surface area contributed by atoms with E-state index in [-0.39, 0.29) is 0 Å². The lowest BCUT2D eigenvalue weighted by atomic mass is 9.98. The van der Waals surface area contributed by atoms with Crippen LogP contribution in [0.15, 0.2) is 24.4 Å². The van der Waals surface area contributed by atoms with Gasteiger partial charge in [0.2, 0.25) is 11.8 Å². The van der Waals surface area contributed by atoms with Crippen molar-refractivity contribution in [2.24, 2.45) is 5.92 Å². The largest absolute Gasteiger partial charge is 0.331 e. The summed E-state index contributed by atoms with van der Waals surface area (Å²) >= 11 is 0. The highest BCUT2D eigenvalue weighted by Crippen LogP contribution is 2.25. The Balaban J connectivity index is 2.27. The van der Waals surface area contributed by atoms with Crippen LogP contribution in [-0.4, -0.2) is 27.7 Å². The molecule has 1 aromatic heterocycles. The molecule has 20 heavy (non-hydrogen) atoms. The molecule has 6 nitrogen and oxygen atoms in total. The van der Waals surface area contributed by atoms with Gasteiger partial charge in [-0.3, -0.25) is 24.8 Å². The summed E-state index contributed by atoms with van der Waals surface area (Å²) in [5, 5.41) is 2.24. The second kappa shape index (κ2) is 5.81. The number of pyridine rings is 1. The number of hydrogen-bond acceptors (Lipinski definition) is 4. The van der Waals surface area contributed by atoms with Gasteiger partial charge in [0.1, 0.15) is 5.92 Å². The molecule has 2 atom stereocenters. The predicted octanol–water partition coefficient (Wildman–Crippen LogP) is 1.64. The molecule has 4 amide bonds. The fourth-order valence-corrected chi connectivity index (χ4v) is 2.30. The standard InChI is InChI=1S/C14H17N3O3/c1-3-6-10-12(18)16-14(20)17(13(10)19)9(2)11-7-4-5-8-15-11/h4-5,7-10H,3,6H2,1-2H3,(H,16,18,20). The van der Waals surface area contributed by atoms with Crippen molar-refractivity contribution in [1.29, 1.82) is 0 Å². The molecule has 0 aliphatic carbocycles. The zero-order chi connectivity index (χ0) is 14.7. The van der Waals surface area contributed by atoms with E-state index in [2.05, 4.69) is 10.3 Å². The van der Waals surface area contributed by atoms with Crippen LogP contribution in [0.25, 0.3) is 0 Å². The average Bonchev–Trinajstić information content (AvgIpc) is 2.44. The van der Waals surface area contributed by atoms with Gasteiger partial charge >= 0.3 is 6.03 Å². The smallest absolute Gasteiger partial charge is 0.277 e. The van der Waals surface area contributed by atoms with Crippen LogP contribution < -0.4 is 5.32 Å². The van der Waals surface area contributed by atoms with Gasteiger partial charge in [0.15, 0.2) is 0 Å². The van der Waals surface area contributed by atoms with Crippen molar-refractivity contribution in [1.82, 2.24) is 15.2 Å². The van der Waals surface area contributed by atoms with E-state index in [0.717, 1.165) is 4.90 Å². The van der Waals surface area contributed by atoms with Gasteiger partial charge in [-0.15, -0.1) is 0 Å². The lowest BCUT2D eigenvalue weighted by Gasteiger charge is -2.33. The van der Waals surface area contributed by atoms with Crippen molar-refractivity contribution in [2.45, 2.75) is 32.7 Å². The molecule has 1 saturated heterocycles. The average molecular weight is 275 g/mol. The zero-order valence-electron chi connectivity index (χ0n) is 11.5. The van der Waals surface area contributed by atoms with Gasteiger partial charge in [-0.25, -0.2) is 4.79 Å². The van der Waals surface area contributed by atoms with E-state index in [0.29, 0.717) is 18.5 Å². The Morgan fingerprint density at radius 1 is 1.35 bits per heavy atom. The first-order valence-electron chi connectivity index (χ1n) is 6.65. The monoisotopic (exact) mass is 275 g/mol. The molecule has 1 fully saturated rings. The summed E-state index contributed by atoms with van der Waals surface area (Å²) in [4.78, 5) is 41.2. The van der Waals surface area contributed by atoms with Crippen molar-refractivity contribution >= 4 is 17.8 Å². The minimum absolute atomic E-state index is 0.434. The molecule has 1 aromatic rings. The SMILES string of the molecule is CCCC1C(=O)NC(=O)N(C(C)c2ccccn2)C1=O. The summed E-state index contributed by atoms with van der Waals surface area (Å²) in [5.41, 5.74) is 0.612. The van der Waals surface area contributed by atoms with Crippen LogP contribution in [0.4, 0.5) is 4.79 Å². The molecule has 0 aromatic carbocycles. The number of carbonyl (C=O) groups excluding carboxylic acids is 3. The minimum Gasteiger partial charge on any atom is -0.277 e. The van der Waals surface area contributed by atoms with Crippen LogP contribution in [0.2, 0.25) is 0 Å². The molecule has 2 rings (SSSR count). The number of barbiturate groups is 1. The molecule has 0 saturated carbocycles. The van der Waals surface area contributed by atoms with Gasteiger partial charge in [-0.2, -0.15) is 0 Å². The normalized spacial score (nSPS) is 20.8. The molecule has 1 aliphatic heterocycles. The Morgan fingerprint density at radius 2 is 2.10 bits per heavy atom. The summed E-state index contributed by atoms with van der Waals surface area (Å²) in [7, 11) is 0. The highest BCUT2D eigenvalue weighted by atomic mass is 16.2. The highest BCUT2D eigenvalue weighted by molar-refractivity contribution is 6.16. The molecule has 106 valence electrons. The van der Waals surface area contributed by atoms with Gasteiger partial charge in [0, 0.05) is 6.20 Å². The van der Waals surface area contributed by atoms with Crippen LogP contribution in [0, 0.1) is 5.92 Å². The fraction of sp³-hybridized carbons (Fsp3) is 0.429. The van der Waals surface area contributed by atoms with E-state index in [1.54, 1.807) is 31.3 Å². The number of carbonyl (C=O) groups is 3. The quantitative estimate of drug-likeness (QED) is 0.847. The van der Waals surface area contributed by atoms with Crippen molar-refractivity contribution in [3.63, 3.8) is 0 Å². The number of urea groups is 1. The van der Waals surface area contributed by atoms with E-state index < -0.39 is 29.8 Å². The molecule has 0 spiro atoms. The summed E-state index contributed by atoms with van der Waals surface area (Å²) in [6.45, 7) is 3.61. The van der Waals surface area contributed by atoms with Crippen molar-refractivity contribution < 1.29 is 14.4 Å². The molecule has 2 heterocycles. The van der Waals surface area contributed by atoms with Crippen LogP contribution in [0.3, 0.4) is 0 Å². The number of rotatable bonds is 4. The highest BCUT2D eigenvalue weighted by Gasteiger charge is 2.42. The Hall–Kier alpha value is -2.24. The second-order valence-electron chi connectivity index (χ2n) is 4.77. The van der Waals surface area contributed by atoms with E-state index in [1.165, 1.54) is 0 Å². The molecule has 1 aliphatic rings. The first-order chi connectivity index (χ1) is 9.56. The molecular formula is C14H17N3O3. The second-order valence-corrected chi connectivity index (χ2v) is 4.77. The van der Waals surface area contributed by atoms with Crippen LogP contribution in [0.5, 0.6) is 0 Å². The number of aromatic nitrogens is 1. The maximum Gasteiger partial charge on any atom is 0.331 e. The predicted molar refractivity (Wildman–Crippen MR) is 71.4 cm³/mol. The topological polar surface area (TPSA) is 79.4 Å². The van der Waals surface area contributed by atoms with Gasteiger partial charge in [-0.05, 0) is 25.5 Å². The zero-order valence-corrected chi connectivity index (χ0v) is 11.5. The number of nitrogens with zero attached hydrogens (tertiary/aromatic N) is 2. The molecule has 2 unspecified atom stereocenters. The summed E-state index contributed by atoms with van der Waals surface area (Å²) < 4.78 is 0. The maximum atomic E-state index is 12.4. The van der Waals surface area contributed by atoms with Gasteiger partial charge < -0.3 is 0 Å². The number of amides is 4. The third-order valence-electron chi connectivity index (χ3n) is 3.38. The first-order valence-corrected chi connectivity index (χ1v) is 6.65. The van der Waals surface area contributed by atoms with Crippen LogP contribution in [-0.2, 0) is 9.59 Å². The van der Waals surface area contributed by atoms with Crippen LogP contribution >= 0.6 is 0 Å². The summed E-state index contributed by atoms with van der Waals surface area (Å²) in [6, 6.07) is 4.12. The van der Waals surface area contributed by atoms with E-state index >= 15 is 0 Å². The number of nitrogens with one attached hydrogen (secondary N) is 1. The summed E-state index contributed by atoms with van der Waals surface area (Å²) in [6.07, 6.45) is 2.74. The Bertz CT molecular complexity index is 530. The number of hydrogen-bond donors (Lipinski definition) is 1. The Kier molecular flexibility index (Phi) is 4.12. The van der Waals surface area contributed by atoms with Crippen molar-refractivity contribution in [3.05, 3.63) is 30.1 Å². The number of imide groups is 2. The van der Waals surface area contributed by atoms with Crippen molar-refractivity contribution in [3.8, 4) is 0 Å². The van der Waals surface area contributed by atoms with E-state index in [9.17, 15) is 14.4 Å². The van der Waals surface area contributed by atoms with Crippen molar-refractivity contribution in [2.75, 3.05) is 0 Å². The molecule has 6 heteroatoms. The third kappa shape index (κ3) is 2.54. The Labute approximate surface area is 117 Å². The third-order valence-corrected chi connectivity index (χ3v) is 3.38. The van der Waals surface area contributed by atoms with Gasteiger partial charge in [0.05, 0.1) is 11.7 Å². The van der Waals surface area contributed by atoms with Gasteiger partial charge in [-0.1, -0.05) is 19.4 Å². The van der Waals surface area contributed by atoms with E-state index in [4.69, 9.17) is 0 Å². The minimum atomic E-state index is -0.788. The van der Waals surface area contributed by atoms with E-state index in [1.807, 2.05) is 6.92 Å². The Morgan fingerprint density at radius 3 is 2.70 bits per heavy atom. The van der Waals surface area contributed by atoms with Gasteiger partial charge in [0.25, 0.3) is 0 Å². The summed E-state index contributed by atoms with van der Waals surface area (Å²) in [5.74, 6) is -1.74. The molecule has 1 N–H and O–H groups in total. The fourth-order valence-electron chi connectivity index (χ4n) is 2.30. The van der Waals surface area contributed by atoms with Crippen LogP contribution in [0.1, 0.15) is 38.4 Å². The molecule has 0 radical (unpaired) electrons. The molecule has 0 bridgehead atoms. The maximum absolute atomic E-state index is 12.4. The first kappa shape index (κ1) is 14.2.